The summed E-state index contributed by atoms with van der Waals surface area (Å²) in [5.74, 6) is 1.45. The van der Waals surface area contributed by atoms with E-state index in [1.54, 1.807) is 11.8 Å². The van der Waals surface area contributed by atoms with Crippen molar-refractivity contribution in [3.63, 3.8) is 0 Å². The number of hydrogen-bond donors (Lipinski definition) is 1. The molecule has 0 bridgehead atoms. The summed E-state index contributed by atoms with van der Waals surface area (Å²) in [4.78, 5) is 11.8. The van der Waals surface area contributed by atoms with Gasteiger partial charge >= 0.3 is 0 Å². The first kappa shape index (κ1) is 18.4. The largest absolute Gasteiger partial charge is 0.355 e. The first-order chi connectivity index (χ1) is 11.1. The molecule has 0 unspecified atom stereocenters. The van der Waals surface area contributed by atoms with E-state index in [0.29, 0.717) is 12.3 Å². The van der Waals surface area contributed by atoms with Crippen LogP contribution in [0.5, 0.6) is 0 Å². The molecule has 0 saturated carbocycles. The number of halogens is 2. The second kappa shape index (κ2) is 10.0. The Morgan fingerprint density at radius 3 is 2.39 bits per heavy atom. The molecular formula is C18H19BrClNOS. The molecule has 0 radical (unpaired) electrons. The molecule has 0 aromatic heterocycles. The topological polar surface area (TPSA) is 29.1 Å². The molecule has 122 valence electrons. The van der Waals surface area contributed by atoms with E-state index in [0.717, 1.165) is 28.1 Å². The summed E-state index contributed by atoms with van der Waals surface area (Å²) in [6.07, 6.45) is 1.88. The molecule has 2 nitrogen and oxygen atoms in total. The number of carbonyl (C=O) groups is 1. The van der Waals surface area contributed by atoms with Crippen LogP contribution in [0.3, 0.4) is 0 Å². The molecule has 0 aliphatic heterocycles. The lowest BCUT2D eigenvalue weighted by Gasteiger charge is -2.06. The third-order valence-corrected chi connectivity index (χ3v) is 5.08. The summed E-state index contributed by atoms with van der Waals surface area (Å²) in [6.45, 7) is 0.709. The number of thioether (sulfide) groups is 1. The maximum Gasteiger partial charge on any atom is 0.230 e. The van der Waals surface area contributed by atoms with E-state index in [2.05, 4.69) is 33.4 Å². The van der Waals surface area contributed by atoms with Gasteiger partial charge in [0.2, 0.25) is 5.91 Å². The first-order valence-electron chi connectivity index (χ1n) is 7.47. The molecule has 0 spiro atoms. The second-order valence-corrected chi connectivity index (χ2v) is 7.54. The number of hydrogen-bond acceptors (Lipinski definition) is 2. The van der Waals surface area contributed by atoms with E-state index in [9.17, 15) is 4.79 Å². The molecule has 2 aromatic rings. The average Bonchev–Trinajstić information content (AvgIpc) is 2.55. The van der Waals surface area contributed by atoms with Crippen molar-refractivity contribution in [3.8, 4) is 0 Å². The highest BCUT2D eigenvalue weighted by atomic mass is 79.9. The normalized spacial score (nSPS) is 10.5. The molecule has 1 N–H and O–H groups in total. The Bertz CT molecular complexity index is 616. The lowest BCUT2D eigenvalue weighted by Crippen LogP contribution is -2.26. The molecule has 2 aromatic carbocycles. The molecule has 0 fully saturated rings. The molecule has 0 heterocycles. The fourth-order valence-electron chi connectivity index (χ4n) is 2.06. The number of rotatable bonds is 8. The van der Waals surface area contributed by atoms with E-state index in [1.807, 2.05) is 36.4 Å². The van der Waals surface area contributed by atoms with Crippen LogP contribution < -0.4 is 5.32 Å². The quantitative estimate of drug-likeness (QED) is 0.612. The monoisotopic (exact) mass is 411 g/mol. The van der Waals surface area contributed by atoms with Crippen LogP contribution in [-0.2, 0) is 17.0 Å². The number of amides is 1. The standard InChI is InChI=1S/C18H19BrClNOS/c19-16-7-3-15(4-8-16)12-23-13-18(22)21-11-1-2-14-5-9-17(20)10-6-14/h3-10H,1-2,11-13H2,(H,21,22). The van der Waals surface area contributed by atoms with Gasteiger partial charge in [-0.2, -0.15) is 0 Å². The van der Waals surface area contributed by atoms with E-state index < -0.39 is 0 Å². The molecule has 1 amide bonds. The summed E-state index contributed by atoms with van der Waals surface area (Å²) in [5, 5.41) is 3.72. The third kappa shape index (κ3) is 7.42. The lowest BCUT2D eigenvalue weighted by atomic mass is 10.1. The summed E-state index contributed by atoms with van der Waals surface area (Å²) in [6, 6.07) is 16.0. The predicted octanol–water partition coefficient (Wildman–Crippen LogP) is 5.08. The Labute approximate surface area is 155 Å². The summed E-state index contributed by atoms with van der Waals surface area (Å²) >= 11 is 10.9. The zero-order valence-corrected chi connectivity index (χ0v) is 15.9. The van der Waals surface area contributed by atoms with Gasteiger partial charge in [-0.3, -0.25) is 4.79 Å². The minimum absolute atomic E-state index is 0.100. The predicted molar refractivity (Wildman–Crippen MR) is 103 cm³/mol. The molecule has 2 rings (SSSR count). The Morgan fingerprint density at radius 1 is 1.04 bits per heavy atom. The Balaban J connectivity index is 1.56. The van der Waals surface area contributed by atoms with E-state index >= 15 is 0 Å². The molecule has 0 aliphatic carbocycles. The van der Waals surface area contributed by atoms with Gasteiger partial charge in [-0.25, -0.2) is 0 Å². The smallest absolute Gasteiger partial charge is 0.230 e. The molecule has 5 heteroatoms. The fraction of sp³-hybridized carbons (Fsp3) is 0.278. The molecule has 0 atom stereocenters. The highest BCUT2D eigenvalue weighted by Crippen LogP contribution is 2.15. The van der Waals surface area contributed by atoms with Crippen LogP contribution in [0.1, 0.15) is 17.5 Å². The zero-order chi connectivity index (χ0) is 16.5. The van der Waals surface area contributed by atoms with Crippen LogP contribution in [0.15, 0.2) is 53.0 Å². The van der Waals surface area contributed by atoms with Crippen molar-refractivity contribution in [3.05, 3.63) is 69.2 Å². The lowest BCUT2D eigenvalue weighted by molar-refractivity contribution is -0.118. The van der Waals surface area contributed by atoms with Crippen molar-refractivity contribution in [2.75, 3.05) is 12.3 Å². The van der Waals surface area contributed by atoms with Gasteiger partial charge in [0.05, 0.1) is 5.75 Å². The van der Waals surface area contributed by atoms with E-state index in [-0.39, 0.29) is 5.91 Å². The van der Waals surface area contributed by atoms with Crippen molar-refractivity contribution in [2.45, 2.75) is 18.6 Å². The minimum atomic E-state index is 0.100. The molecule has 23 heavy (non-hydrogen) atoms. The second-order valence-electron chi connectivity index (χ2n) is 5.20. The van der Waals surface area contributed by atoms with Crippen LogP contribution in [0, 0.1) is 0 Å². The van der Waals surface area contributed by atoms with Gasteiger partial charge < -0.3 is 5.32 Å². The minimum Gasteiger partial charge on any atom is -0.355 e. The number of carbonyl (C=O) groups excluding carboxylic acids is 1. The summed E-state index contributed by atoms with van der Waals surface area (Å²) < 4.78 is 1.07. The van der Waals surface area contributed by atoms with Crippen molar-refractivity contribution in [2.24, 2.45) is 0 Å². The van der Waals surface area contributed by atoms with Crippen molar-refractivity contribution in [1.29, 1.82) is 0 Å². The fourth-order valence-corrected chi connectivity index (χ4v) is 3.27. The molecular weight excluding hydrogens is 394 g/mol. The Morgan fingerprint density at radius 2 is 1.70 bits per heavy atom. The van der Waals surface area contributed by atoms with Crippen molar-refractivity contribution >= 4 is 45.2 Å². The Hall–Kier alpha value is -0.970. The van der Waals surface area contributed by atoms with Crippen LogP contribution in [0.2, 0.25) is 5.02 Å². The number of aryl methyl sites for hydroxylation is 1. The van der Waals surface area contributed by atoms with Crippen molar-refractivity contribution in [1.82, 2.24) is 5.32 Å². The SMILES string of the molecule is O=C(CSCc1ccc(Br)cc1)NCCCc1ccc(Cl)cc1. The zero-order valence-electron chi connectivity index (χ0n) is 12.7. The van der Waals surface area contributed by atoms with E-state index in [4.69, 9.17) is 11.6 Å². The number of benzene rings is 2. The van der Waals surface area contributed by atoms with Gasteiger partial charge in [-0.1, -0.05) is 51.8 Å². The maximum absolute atomic E-state index is 11.8. The van der Waals surface area contributed by atoms with Gasteiger partial charge in [-0.15, -0.1) is 11.8 Å². The van der Waals surface area contributed by atoms with Gasteiger partial charge in [0, 0.05) is 21.8 Å². The van der Waals surface area contributed by atoms with Crippen LogP contribution in [0.4, 0.5) is 0 Å². The van der Waals surface area contributed by atoms with Crippen LogP contribution >= 0.6 is 39.3 Å². The van der Waals surface area contributed by atoms with E-state index in [1.165, 1.54) is 11.1 Å². The van der Waals surface area contributed by atoms with Crippen LogP contribution in [0.25, 0.3) is 0 Å². The maximum atomic E-state index is 11.8. The third-order valence-electron chi connectivity index (χ3n) is 3.29. The molecule has 0 saturated heterocycles. The number of nitrogens with one attached hydrogen (secondary N) is 1. The Kier molecular flexibility index (Phi) is 8.00. The summed E-state index contributed by atoms with van der Waals surface area (Å²) in [5.41, 5.74) is 2.47. The highest BCUT2D eigenvalue weighted by Gasteiger charge is 2.02. The first-order valence-corrected chi connectivity index (χ1v) is 9.79. The van der Waals surface area contributed by atoms with Gasteiger partial charge in [0.25, 0.3) is 0 Å². The van der Waals surface area contributed by atoms with Crippen molar-refractivity contribution < 1.29 is 4.79 Å². The van der Waals surface area contributed by atoms with Gasteiger partial charge in [0.15, 0.2) is 0 Å². The average molecular weight is 413 g/mol. The van der Waals surface area contributed by atoms with Crippen LogP contribution in [-0.4, -0.2) is 18.2 Å². The highest BCUT2D eigenvalue weighted by molar-refractivity contribution is 9.10. The molecule has 0 aliphatic rings. The summed E-state index contributed by atoms with van der Waals surface area (Å²) in [7, 11) is 0. The van der Waals surface area contributed by atoms with Gasteiger partial charge in [0.1, 0.15) is 0 Å². The van der Waals surface area contributed by atoms with Gasteiger partial charge in [-0.05, 0) is 48.2 Å².